The molecule has 5 nitrogen and oxygen atoms in total. The number of hydrogen-bond acceptors (Lipinski definition) is 3. The van der Waals surface area contributed by atoms with Gasteiger partial charge in [-0.15, -0.1) is 6.42 Å². The monoisotopic (exact) mass is 363 g/mol. The highest BCUT2D eigenvalue weighted by atomic mass is 16.5. The van der Waals surface area contributed by atoms with Gasteiger partial charge >= 0.3 is 6.03 Å². The summed E-state index contributed by atoms with van der Waals surface area (Å²) in [5.41, 5.74) is 2.51. The topological polar surface area (TPSA) is 53.6 Å². The average Bonchev–Trinajstić information content (AvgIpc) is 3.23. The SMILES string of the molecule is C#Cc1cccc(NC(=O)NCC(c2ccccc2OC)N2CCCC2)c1. The Morgan fingerprint density at radius 1 is 1.22 bits per heavy atom. The molecule has 1 saturated heterocycles. The molecule has 0 radical (unpaired) electrons. The van der Waals surface area contributed by atoms with E-state index in [1.807, 2.05) is 36.4 Å². The third-order valence-electron chi connectivity index (χ3n) is 4.82. The molecule has 5 heteroatoms. The molecule has 1 aliphatic heterocycles. The van der Waals surface area contributed by atoms with Crippen LogP contribution in [0.2, 0.25) is 0 Å². The minimum absolute atomic E-state index is 0.0754. The van der Waals surface area contributed by atoms with Crippen molar-refractivity contribution in [1.29, 1.82) is 0 Å². The Morgan fingerprint density at radius 3 is 2.74 bits per heavy atom. The van der Waals surface area contributed by atoms with Crippen LogP contribution >= 0.6 is 0 Å². The number of para-hydroxylation sites is 1. The molecule has 3 rings (SSSR count). The third kappa shape index (κ3) is 4.81. The van der Waals surface area contributed by atoms with Crippen molar-refractivity contribution in [2.24, 2.45) is 0 Å². The highest BCUT2D eigenvalue weighted by molar-refractivity contribution is 5.89. The fourth-order valence-electron chi connectivity index (χ4n) is 3.48. The number of carbonyl (C=O) groups excluding carboxylic acids is 1. The number of ether oxygens (including phenoxy) is 1. The molecule has 0 saturated carbocycles. The summed E-state index contributed by atoms with van der Waals surface area (Å²) in [7, 11) is 1.68. The summed E-state index contributed by atoms with van der Waals surface area (Å²) in [6, 6.07) is 15.1. The second kappa shape index (κ2) is 9.11. The summed E-state index contributed by atoms with van der Waals surface area (Å²) < 4.78 is 5.54. The molecule has 1 atom stereocenters. The number of rotatable bonds is 6. The lowest BCUT2D eigenvalue weighted by atomic mass is 10.0. The molecular formula is C22H25N3O2. The van der Waals surface area contributed by atoms with Crippen molar-refractivity contribution in [3.8, 4) is 18.1 Å². The number of anilines is 1. The second-order valence-electron chi connectivity index (χ2n) is 6.56. The van der Waals surface area contributed by atoms with Crippen LogP contribution in [0, 0.1) is 12.3 Å². The first-order chi connectivity index (χ1) is 13.2. The van der Waals surface area contributed by atoms with Crippen molar-refractivity contribution in [1.82, 2.24) is 10.2 Å². The van der Waals surface area contributed by atoms with E-state index in [1.165, 1.54) is 12.8 Å². The molecule has 140 valence electrons. The Balaban J connectivity index is 1.69. The predicted octanol–water partition coefficient (Wildman–Crippen LogP) is 3.64. The summed E-state index contributed by atoms with van der Waals surface area (Å²) >= 11 is 0. The summed E-state index contributed by atoms with van der Waals surface area (Å²) in [5.74, 6) is 3.42. The van der Waals surface area contributed by atoms with Crippen molar-refractivity contribution in [2.75, 3.05) is 32.1 Å². The van der Waals surface area contributed by atoms with E-state index in [1.54, 1.807) is 13.2 Å². The Kier molecular flexibility index (Phi) is 6.35. The first-order valence-electron chi connectivity index (χ1n) is 9.20. The normalized spacial score (nSPS) is 15.0. The van der Waals surface area contributed by atoms with E-state index in [9.17, 15) is 4.79 Å². The van der Waals surface area contributed by atoms with Crippen LogP contribution in [0.25, 0.3) is 0 Å². The molecule has 2 aromatic rings. The first kappa shape index (κ1) is 18.8. The fraction of sp³-hybridized carbons (Fsp3) is 0.318. The van der Waals surface area contributed by atoms with Gasteiger partial charge in [-0.2, -0.15) is 0 Å². The van der Waals surface area contributed by atoms with Gasteiger partial charge in [-0.1, -0.05) is 30.2 Å². The van der Waals surface area contributed by atoms with E-state index in [0.29, 0.717) is 12.2 Å². The van der Waals surface area contributed by atoms with Crippen LogP contribution in [0.4, 0.5) is 10.5 Å². The minimum atomic E-state index is -0.247. The fourth-order valence-corrected chi connectivity index (χ4v) is 3.48. The van der Waals surface area contributed by atoms with Crippen LogP contribution in [-0.4, -0.2) is 37.7 Å². The molecule has 1 aliphatic rings. The van der Waals surface area contributed by atoms with Gasteiger partial charge < -0.3 is 15.4 Å². The average molecular weight is 363 g/mol. The van der Waals surface area contributed by atoms with Crippen LogP contribution in [0.1, 0.15) is 30.0 Å². The molecule has 27 heavy (non-hydrogen) atoms. The molecule has 0 bridgehead atoms. The molecule has 0 spiro atoms. The Labute approximate surface area is 160 Å². The molecule has 2 aromatic carbocycles. The van der Waals surface area contributed by atoms with Crippen LogP contribution in [0.3, 0.4) is 0 Å². The second-order valence-corrected chi connectivity index (χ2v) is 6.56. The Bertz CT molecular complexity index is 822. The predicted molar refractivity (Wildman–Crippen MR) is 108 cm³/mol. The van der Waals surface area contributed by atoms with Gasteiger partial charge in [0.15, 0.2) is 0 Å². The zero-order valence-corrected chi connectivity index (χ0v) is 15.6. The number of likely N-dealkylation sites (tertiary alicyclic amines) is 1. The summed E-state index contributed by atoms with van der Waals surface area (Å²) in [6.07, 6.45) is 7.77. The van der Waals surface area contributed by atoms with Gasteiger partial charge in [-0.25, -0.2) is 4.79 Å². The first-order valence-corrected chi connectivity index (χ1v) is 9.20. The van der Waals surface area contributed by atoms with E-state index < -0.39 is 0 Å². The molecule has 1 heterocycles. The molecule has 2 amide bonds. The lowest BCUT2D eigenvalue weighted by molar-refractivity contribution is 0.224. The number of amides is 2. The van der Waals surface area contributed by atoms with Gasteiger partial charge in [0.2, 0.25) is 0 Å². The highest BCUT2D eigenvalue weighted by Crippen LogP contribution is 2.31. The van der Waals surface area contributed by atoms with E-state index in [-0.39, 0.29) is 12.1 Å². The van der Waals surface area contributed by atoms with Crippen LogP contribution in [0.15, 0.2) is 48.5 Å². The van der Waals surface area contributed by atoms with Gasteiger partial charge in [0, 0.05) is 23.4 Å². The zero-order chi connectivity index (χ0) is 19.1. The summed E-state index contributed by atoms with van der Waals surface area (Å²) in [5, 5.41) is 5.84. The van der Waals surface area contributed by atoms with Gasteiger partial charge in [0.1, 0.15) is 5.75 Å². The summed E-state index contributed by atoms with van der Waals surface area (Å²) in [4.78, 5) is 14.8. The third-order valence-corrected chi connectivity index (χ3v) is 4.82. The number of carbonyl (C=O) groups is 1. The van der Waals surface area contributed by atoms with Crippen molar-refractivity contribution < 1.29 is 9.53 Å². The maximum absolute atomic E-state index is 12.4. The number of benzene rings is 2. The Morgan fingerprint density at radius 2 is 2.00 bits per heavy atom. The van der Waals surface area contributed by atoms with E-state index in [4.69, 9.17) is 11.2 Å². The lowest BCUT2D eigenvalue weighted by Gasteiger charge is -2.29. The van der Waals surface area contributed by atoms with Crippen molar-refractivity contribution in [3.63, 3.8) is 0 Å². The van der Waals surface area contributed by atoms with E-state index >= 15 is 0 Å². The maximum atomic E-state index is 12.4. The van der Waals surface area contributed by atoms with Gasteiger partial charge in [0.05, 0.1) is 13.2 Å². The van der Waals surface area contributed by atoms with E-state index in [0.717, 1.165) is 30.0 Å². The van der Waals surface area contributed by atoms with Crippen LogP contribution in [-0.2, 0) is 0 Å². The molecule has 0 aromatic heterocycles. The van der Waals surface area contributed by atoms with Gasteiger partial charge in [-0.05, 0) is 50.2 Å². The Hall–Kier alpha value is -2.97. The quantitative estimate of drug-likeness (QED) is 0.771. The molecule has 0 aliphatic carbocycles. The number of hydrogen-bond donors (Lipinski definition) is 2. The number of terminal acetylenes is 1. The number of urea groups is 1. The lowest BCUT2D eigenvalue weighted by Crippen LogP contribution is -2.38. The molecule has 1 unspecified atom stereocenters. The zero-order valence-electron chi connectivity index (χ0n) is 15.6. The number of nitrogens with one attached hydrogen (secondary N) is 2. The molecule has 2 N–H and O–H groups in total. The largest absolute Gasteiger partial charge is 0.496 e. The van der Waals surface area contributed by atoms with Crippen molar-refractivity contribution in [3.05, 3.63) is 59.7 Å². The van der Waals surface area contributed by atoms with Gasteiger partial charge in [-0.3, -0.25) is 4.90 Å². The van der Waals surface area contributed by atoms with Gasteiger partial charge in [0.25, 0.3) is 0 Å². The standard InChI is InChI=1S/C22H25N3O2/c1-3-17-9-8-10-18(15-17)24-22(26)23-16-20(25-13-6-7-14-25)19-11-4-5-12-21(19)27-2/h1,4-5,8-12,15,20H,6-7,13-14,16H2,2H3,(H2,23,24,26). The number of nitrogens with zero attached hydrogens (tertiary/aromatic N) is 1. The highest BCUT2D eigenvalue weighted by Gasteiger charge is 2.26. The number of methoxy groups -OCH3 is 1. The minimum Gasteiger partial charge on any atom is -0.496 e. The maximum Gasteiger partial charge on any atom is 0.319 e. The van der Waals surface area contributed by atoms with Crippen molar-refractivity contribution >= 4 is 11.7 Å². The molecular weight excluding hydrogens is 338 g/mol. The van der Waals surface area contributed by atoms with Crippen LogP contribution < -0.4 is 15.4 Å². The smallest absolute Gasteiger partial charge is 0.319 e. The van der Waals surface area contributed by atoms with Crippen molar-refractivity contribution in [2.45, 2.75) is 18.9 Å². The molecule has 1 fully saturated rings. The van der Waals surface area contributed by atoms with Crippen LogP contribution in [0.5, 0.6) is 5.75 Å². The van der Waals surface area contributed by atoms with E-state index in [2.05, 4.69) is 27.5 Å². The summed E-state index contributed by atoms with van der Waals surface area (Å²) in [6.45, 7) is 2.55.